The lowest BCUT2D eigenvalue weighted by Gasteiger charge is -2.13. The number of rotatable bonds is 10. The van der Waals surface area contributed by atoms with Gasteiger partial charge < -0.3 is 5.32 Å². The summed E-state index contributed by atoms with van der Waals surface area (Å²) in [5, 5.41) is 14.2. The highest BCUT2D eigenvalue weighted by Crippen LogP contribution is 2.23. The molecule has 0 saturated heterocycles. The highest BCUT2D eigenvalue weighted by Gasteiger charge is 2.16. The Bertz CT molecular complexity index is 1200. The van der Waals surface area contributed by atoms with Crippen LogP contribution in [0.4, 0.5) is 15.8 Å². The molecule has 3 rings (SSSR count). The smallest absolute Gasteiger partial charge is 0.271 e. The number of nitrogens with one attached hydrogen (secondary N) is 1. The van der Waals surface area contributed by atoms with Crippen LogP contribution < -0.4 is 10.9 Å². The maximum absolute atomic E-state index is 13.9. The van der Waals surface area contributed by atoms with E-state index in [-0.39, 0.29) is 22.7 Å². The van der Waals surface area contributed by atoms with Crippen molar-refractivity contribution in [2.75, 3.05) is 11.1 Å². The number of carbonyl (C=O) groups excluding carboxylic acids is 1. The molecular formula is C22H23FN4O4S. The number of unbranched alkanes of at least 4 members (excludes halogenated alkanes) is 3. The number of anilines is 1. The van der Waals surface area contributed by atoms with E-state index in [1.165, 1.54) is 0 Å². The zero-order valence-electron chi connectivity index (χ0n) is 17.5. The average Bonchev–Trinajstić information content (AvgIpc) is 2.78. The van der Waals surface area contributed by atoms with Gasteiger partial charge in [-0.05, 0) is 24.6 Å². The van der Waals surface area contributed by atoms with Crippen LogP contribution in [0, 0.1) is 15.9 Å². The first-order valence-corrected chi connectivity index (χ1v) is 11.3. The van der Waals surface area contributed by atoms with E-state index in [0.717, 1.165) is 55.6 Å². The van der Waals surface area contributed by atoms with E-state index in [1.54, 1.807) is 28.8 Å². The average molecular weight is 459 g/mol. The van der Waals surface area contributed by atoms with Crippen LogP contribution in [-0.2, 0) is 11.3 Å². The number of hydrogen-bond donors (Lipinski definition) is 1. The van der Waals surface area contributed by atoms with Gasteiger partial charge in [0, 0.05) is 18.7 Å². The molecule has 8 nitrogen and oxygen atoms in total. The number of halogens is 1. The standard InChI is InChI=1S/C22H23FN4O4S/c1-2-3-4-7-12-26-21(29)16-8-5-6-9-18(16)25-22(26)32-14-20(28)24-19-13-15(27(30)31)10-11-17(19)23/h5-6,8-11,13H,2-4,7,12,14H2,1H3,(H,24,28). The van der Waals surface area contributed by atoms with E-state index in [2.05, 4.69) is 17.2 Å². The van der Waals surface area contributed by atoms with E-state index in [9.17, 15) is 24.1 Å². The molecule has 0 spiro atoms. The quantitative estimate of drug-likeness (QED) is 0.154. The summed E-state index contributed by atoms with van der Waals surface area (Å²) in [5.41, 5.74) is -0.227. The lowest BCUT2D eigenvalue weighted by Crippen LogP contribution is -2.24. The predicted octanol–water partition coefficient (Wildman–Crippen LogP) is 4.75. The second kappa shape index (κ2) is 10.9. The number of hydrogen-bond acceptors (Lipinski definition) is 6. The van der Waals surface area contributed by atoms with Crippen molar-refractivity contribution in [2.24, 2.45) is 0 Å². The Balaban J connectivity index is 1.78. The van der Waals surface area contributed by atoms with E-state index in [1.807, 2.05) is 0 Å². The topological polar surface area (TPSA) is 107 Å². The molecule has 0 radical (unpaired) electrons. The van der Waals surface area contributed by atoms with Crippen LogP contribution in [0.2, 0.25) is 0 Å². The molecular weight excluding hydrogens is 435 g/mol. The lowest BCUT2D eigenvalue weighted by molar-refractivity contribution is -0.384. The SMILES string of the molecule is CCCCCCn1c(SCC(=O)Nc2cc([N+](=O)[O-])ccc2F)nc2ccccc2c1=O. The van der Waals surface area contributed by atoms with Gasteiger partial charge in [0.2, 0.25) is 5.91 Å². The van der Waals surface area contributed by atoms with Crippen molar-refractivity contribution in [2.45, 2.75) is 44.3 Å². The maximum Gasteiger partial charge on any atom is 0.271 e. The molecule has 3 aromatic rings. The molecule has 0 atom stereocenters. The molecule has 0 bridgehead atoms. The number of amides is 1. The summed E-state index contributed by atoms with van der Waals surface area (Å²) in [7, 11) is 0. The van der Waals surface area contributed by atoms with Gasteiger partial charge in [-0.2, -0.15) is 0 Å². The Labute approximate surface area is 188 Å². The molecule has 1 N–H and O–H groups in total. The number of fused-ring (bicyclic) bond motifs is 1. The molecule has 0 aliphatic heterocycles. The third-order valence-electron chi connectivity index (χ3n) is 4.83. The maximum atomic E-state index is 13.9. The van der Waals surface area contributed by atoms with Crippen molar-refractivity contribution in [1.82, 2.24) is 9.55 Å². The molecule has 0 unspecified atom stereocenters. The molecule has 0 saturated carbocycles. The largest absolute Gasteiger partial charge is 0.323 e. The van der Waals surface area contributed by atoms with Gasteiger partial charge in [0.05, 0.1) is 27.3 Å². The Morgan fingerprint density at radius 1 is 1.22 bits per heavy atom. The minimum Gasteiger partial charge on any atom is -0.323 e. The fraction of sp³-hybridized carbons (Fsp3) is 0.318. The number of non-ortho nitro benzene ring substituents is 1. The number of nitro benzene ring substituents is 1. The van der Waals surface area contributed by atoms with Gasteiger partial charge in [-0.3, -0.25) is 24.3 Å². The van der Waals surface area contributed by atoms with Crippen molar-refractivity contribution in [1.29, 1.82) is 0 Å². The van der Waals surface area contributed by atoms with E-state index in [4.69, 9.17) is 0 Å². The van der Waals surface area contributed by atoms with Crippen LogP contribution in [0.1, 0.15) is 32.6 Å². The van der Waals surface area contributed by atoms with Crippen LogP contribution in [0.5, 0.6) is 0 Å². The second-order valence-electron chi connectivity index (χ2n) is 7.19. The van der Waals surface area contributed by atoms with Gasteiger partial charge in [0.1, 0.15) is 5.82 Å². The number of para-hydroxylation sites is 1. The molecule has 1 heterocycles. The van der Waals surface area contributed by atoms with Crippen molar-refractivity contribution in [3.8, 4) is 0 Å². The minimum atomic E-state index is -0.773. The molecule has 2 aromatic carbocycles. The summed E-state index contributed by atoms with van der Waals surface area (Å²) < 4.78 is 15.5. The molecule has 1 amide bonds. The number of thioether (sulfide) groups is 1. The Hall–Kier alpha value is -3.27. The first kappa shape index (κ1) is 23.4. The van der Waals surface area contributed by atoms with Gasteiger partial charge in [-0.25, -0.2) is 9.37 Å². The van der Waals surface area contributed by atoms with Crippen molar-refractivity contribution < 1.29 is 14.1 Å². The minimum absolute atomic E-state index is 0.137. The summed E-state index contributed by atoms with van der Waals surface area (Å²) in [6.45, 7) is 2.59. The highest BCUT2D eigenvalue weighted by molar-refractivity contribution is 7.99. The van der Waals surface area contributed by atoms with Crippen LogP contribution in [0.25, 0.3) is 10.9 Å². The van der Waals surface area contributed by atoms with Crippen molar-refractivity contribution in [3.05, 3.63) is 68.7 Å². The number of aromatic nitrogens is 2. The van der Waals surface area contributed by atoms with Crippen LogP contribution >= 0.6 is 11.8 Å². The molecule has 0 aliphatic carbocycles. The van der Waals surface area contributed by atoms with E-state index in [0.29, 0.717) is 22.6 Å². The van der Waals surface area contributed by atoms with Gasteiger partial charge in [-0.15, -0.1) is 0 Å². The summed E-state index contributed by atoms with van der Waals surface area (Å²) >= 11 is 1.07. The first-order valence-electron chi connectivity index (χ1n) is 10.3. The van der Waals surface area contributed by atoms with Gasteiger partial charge in [-0.1, -0.05) is 50.1 Å². The van der Waals surface area contributed by atoms with Crippen molar-refractivity contribution in [3.63, 3.8) is 0 Å². The molecule has 0 aliphatic rings. The molecule has 1 aromatic heterocycles. The summed E-state index contributed by atoms with van der Waals surface area (Å²) in [6, 6.07) is 9.94. The number of nitrogens with zero attached hydrogens (tertiary/aromatic N) is 3. The fourth-order valence-electron chi connectivity index (χ4n) is 3.19. The normalized spacial score (nSPS) is 10.9. The van der Waals surface area contributed by atoms with Crippen LogP contribution in [-0.4, -0.2) is 26.1 Å². The first-order chi connectivity index (χ1) is 15.4. The molecule has 10 heteroatoms. The van der Waals surface area contributed by atoms with Crippen molar-refractivity contribution >= 4 is 39.9 Å². The summed E-state index contributed by atoms with van der Waals surface area (Å²) in [6.07, 6.45) is 3.93. The molecule has 0 fully saturated rings. The Morgan fingerprint density at radius 3 is 2.75 bits per heavy atom. The lowest BCUT2D eigenvalue weighted by atomic mass is 10.2. The van der Waals surface area contributed by atoms with E-state index < -0.39 is 16.6 Å². The summed E-state index contributed by atoms with van der Waals surface area (Å²) in [4.78, 5) is 40.2. The molecule has 168 valence electrons. The Morgan fingerprint density at radius 2 is 2.00 bits per heavy atom. The third-order valence-corrected chi connectivity index (χ3v) is 5.81. The Kier molecular flexibility index (Phi) is 7.93. The second-order valence-corrected chi connectivity index (χ2v) is 8.13. The molecule has 32 heavy (non-hydrogen) atoms. The van der Waals surface area contributed by atoms with Crippen LogP contribution in [0.15, 0.2) is 52.4 Å². The zero-order valence-corrected chi connectivity index (χ0v) is 18.4. The summed E-state index contributed by atoms with van der Waals surface area (Å²) in [5.74, 6) is -1.47. The third kappa shape index (κ3) is 5.70. The van der Waals surface area contributed by atoms with Gasteiger partial charge in [0.15, 0.2) is 5.16 Å². The zero-order chi connectivity index (χ0) is 23.1. The van der Waals surface area contributed by atoms with Crippen LogP contribution in [0.3, 0.4) is 0 Å². The fourth-order valence-corrected chi connectivity index (χ4v) is 4.02. The number of benzene rings is 2. The van der Waals surface area contributed by atoms with Gasteiger partial charge >= 0.3 is 0 Å². The van der Waals surface area contributed by atoms with E-state index >= 15 is 0 Å². The monoisotopic (exact) mass is 458 g/mol. The predicted molar refractivity (Wildman–Crippen MR) is 123 cm³/mol. The highest BCUT2D eigenvalue weighted by atomic mass is 32.2. The number of carbonyl (C=O) groups is 1. The number of nitro groups is 1. The van der Waals surface area contributed by atoms with Gasteiger partial charge in [0.25, 0.3) is 11.2 Å².